The first-order valence-electron chi connectivity index (χ1n) is 7.56. The number of ether oxygens (including phenoxy) is 2. The molecule has 122 valence electrons. The van der Waals surface area contributed by atoms with Crippen LogP contribution in [0.1, 0.15) is 24.4 Å². The van der Waals surface area contributed by atoms with Gasteiger partial charge < -0.3 is 14.3 Å². The van der Waals surface area contributed by atoms with Crippen molar-refractivity contribution >= 4 is 6.29 Å². The molecular weight excluding hydrogens is 299 g/mol. The molecule has 1 aromatic rings. The number of carbonyl (C=O) groups excluding carboxylic acids is 1. The third-order valence-corrected chi connectivity index (χ3v) is 4.51. The molecule has 0 bridgehead atoms. The lowest BCUT2D eigenvalue weighted by molar-refractivity contribution is -0.110. The summed E-state index contributed by atoms with van der Waals surface area (Å²) in [6.45, 7) is 3.65. The summed E-state index contributed by atoms with van der Waals surface area (Å²) >= 11 is 0. The number of carbonyl (C=O) groups is 1. The molecule has 0 amide bonds. The van der Waals surface area contributed by atoms with Crippen LogP contribution in [0.2, 0.25) is 0 Å². The molecule has 23 heavy (non-hydrogen) atoms. The number of halogens is 1. The number of methoxy groups -OCH3 is 1. The van der Waals surface area contributed by atoms with Crippen LogP contribution in [0.25, 0.3) is 0 Å². The second-order valence-electron chi connectivity index (χ2n) is 6.00. The Morgan fingerprint density at radius 2 is 2.22 bits per heavy atom. The molecule has 1 unspecified atom stereocenters. The standard InChI is InChI=1S/C17H19FN2O3/c1-10-16(8-19-11(2)20-10)23-17(7-13(17)9-21)12-4-5-14(18)15(6-12)22-3/h5-6,8-9,12-13H,4,7H2,1-3H3/t12?,13-,17+/m0/s1. The van der Waals surface area contributed by atoms with Gasteiger partial charge in [0.1, 0.15) is 17.7 Å². The van der Waals surface area contributed by atoms with E-state index in [9.17, 15) is 9.18 Å². The van der Waals surface area contributed by atoms with Crippen molar-refractivity contribution < 1.29 is 18.7 Å². The van der Waals surface area contributed by atoms with E-state index in [1.165, 1.54) is 13.2 Å². The van der Waals surface area contributed by atoms with Crippen molar-refractivity contribution in [3.05, 3.63) is 41.5 Å². The lowest BCUT2D eigenvalue weighted by Crippen LogP contribution is -2.32. The SMILES string of the molecule is COC1=CC([C@]2(Oc3cnc(C)nc3C)C[C@H]2C=O)CC=C1F. The number of nitrogens with zero attached hydrogens (tertiary/aromatic N) is 2. The highest BCUT2D eigenvalue weighted by molar-refractivity contribution is 5.63. The summed E-state index contributed by atoms with van der Waals surface area (Å²) in [4.78, 5) is 19.8. The van der Waals surface area contributed by atoms with Gasteiger partial charge in [-0.25, -0.2) is 14.4 Å². The van der Waals surface area contributed by atoms with Gasteiger partial charge in [0.2, 0.25) is 0 Å². The number of rotatable bonds is 5. The van der Waals surface area contributed by atoms with E-state index < -0.39 is 5.60 Å². The van der Waals surface area contributed by atoms with Gasteiger partial charge in [-0.15, -0.1) is 0 Å². The largest absolute Gasteiger partial charge is 0.494 e. The smallest absolute Gasteiger partial charge is 0.160 e. The molecule has 0 aromatic carbocycles. The highest BCUT2D eigenvalue weighted by Crippen LogP contribution is 2.54. The third-order valence-electron chi connectivity index (χ3n) is 4.51. The molecule has 2 aliphatic carbocycles. The monoisotopic (exact) mass is 318 g/mol. The van der Waals surface area contributed by atoms with Crippen LogP contribution in [0.3, 0.4) is 0 Å². The van der Waals surface area contributed by atoms with Crippen LogP contribution < -0.4 is 4.74 Å². The maximum atomic E-state index is 13.7. The first-order valence-corrected chi connectivity index (χ1v) is 7.56. The fourth-order valence-electron chi connectivity index (χ4n) is 3.11. The highest BCUT2D eigenvalue weighted by Gasteiger charge is 2.61. The molecule has 3 atom stereocenters. The van der Waals surface area contributed by atoms with Crippen molar-refractivity contribution in [2.24, 2.45) is 11.8 Å². The zero-order chi connectivity index (χ0) is 16.6. The van der Waals surface area contributed by atoms with Crippen molar-refractivity contribution in [2.75, 3.05) is 7.11 Å². The molecule has 6 heteroatoms. The number of hydrogen-bond donors (Lipinski definition) is 0. The lowest BCUT2D eigenvalue weighted by atomic mass is 9.90. The summed E-state index contributed by atoms with van der Waals surface area (Å²) < 4.78 is 24.9. The van der Waals surface area contributed by atoms with Gasteiger partial charge in [-0.2, -0.15) is 0 Å². The predicted molar refractivity (Wildman–Crippen MR) is 81.4 cm³/mol. The molecular formula is C17H19FN2O3. The molecule has 0 radical (unpaired) electrons. The Labute approximate surface area is 134 Å². The third kappa shape index (κ3) is 2.73. The first-order chi connectivity index (χ1) is 11.0. The van der Waals surface area contributed by atoms with Crippen LogP contribution in [0.15, 0.2) is 29.9 Å². The van der Waals surface area contributed by atoms with E-state index in [-0.39, 0.29) is 23.4 Å². The van der Waals surface area contributed by atoms with Crippen LogP contribution in [0.5, 0.6) is 5.75 Å². The van der Waals surface area contributed by atoms with Crippen LogP contribution in [-0.4, -0.2) is 29.0 Å². The zero-order valence-electron chi connectivity index (χ0n) is 13.4. The average molecular weight is 318 g/mol. The lowest BCUT2D eigenvalue weighted by Gasteiger charge is -2.28. The van der Waals surface area contributed by atoms with E-state index in [1.54, 1.807) is 19.2 Å². The maximum Gasteiger partial charge on any atom is 0.160 e. The Kier molecular flexibility index (Phi) is 3.92. The van der Waals surface area contributed by atoms with Gasteiger partial charge in [0.25, 0.3) is 0 Å². The van der Waals surface area contributed by atoms with Crippen molar-refractivity contribution in [3.8, 4) is 5.75 Å². The van der Waals surface area contributed by atoms with Crippen LogP contribution in [0, 0.1) is 25.7 Å². The number of aldehydes is 1. The Morgan fingerprint density at radius 1 is 1.43 bits per heavy atom. The quantitative estimate of drug-likeness (QED) is 0.781. The van der Waals surface area contributed by atoms with E-state index >= 15 is 0 Å². The van der Waals surface area contributed by atoms with Crippen molar-refractivity contribution in [1.29, 1.82) is 0 Å². The van der Waals surface area contributed by atoms with Crippen LogP contribution in [-0.2, 0) is 9.53 Å². The van der Waals surface area contributed by atoms with E-state index in [2.05, 4.69) is 9.97 Å². The van der Waals surface area contributed by atoms with Crippen molar-refractivity contribution in [1.82, 2.24) is 9.97 Å². The number of aryl methyl sites for hydroxylation is 2. The van der Waals surface area contributed by atoms with E-state index in [1.807, 2.05) is 6.92 Å². The summed E-state index contributed by atoms with van der Waals surface area (Å²) in [6.07, 6.45) is 6.78. The van der Waals surface area contributed by atoms with Gasteiger partial charge in [0, 0.05) is 12.3 Å². The topological polar surface area (TPSA) is 61.3 Å². The molecule has 0 aliphatic heterocycles. The minimum Gasteiger partial charge on any atom is -0.494 e. The van der Waals surface area contributed by atoms with Gasteiger partial charge in [-0.3, -0.25) is 0 Å². The van der Waals surface area contributed by atoms with Gasteiger partial charge in [0.05, 0.1) is 24.9 Å². The second kappa shape index (κ2) is 5.76. The predicted octanol–water partition coefficient (Wildman–Crippen LogP) is 2.83. The summed E-state index contributed by atoms with van der Waals surface area (Å²) in [6, 6.07) is 0. The fourth-order valence-corrected chi connectivity index (χ4v) is 3.11. The summed E-state index contributed by atoms with van der Waals surface area (Å²) in [7, 11) is 1.43. The fraction of sp³-hybridized carbons (Fsp3) is 0.471. The minimum absolute atomic E-state index is 0.132. The Morgan fingerprint density at radius 3 is 2.83 bits per heavy atom. The number of aromatic nitrogens is 2. The molecule has 0 spiro atoms. The normalized spacial score (nSPS) is 29.4. The number of allylic oxidation sites excluding steroid dienone is 2. The van der Waals surface area contributed by atoms with Crippen molar-refractivity contribution in [2.45, 2.75) is 32.3 Å². The summed E-state index contributed by atoms with van der Waals surface area (Å²) in [5, 5.41) is 0. The van der Waals surface area contributed by atoms with Crippen molar-refractivity contribution in [3.63, 3.8) is 0 Å². The summed E-state index contributed by atoms with van der Waals surface area (Å²) in [5.74, 6) is 0.679. The first kappa shape index (κ1) is 15.6. The van der Waals surface area contributed by atoms with Gasteiger partial charge in [0.15, 0.2) is 17.3 Å². The van der Waals surface area contributed by atoms with Crippen LogP contribution >= 0.6 is 0 Å². The van der Waals surface area contributed by atoms with Gasteiger partial charge >= 0.3 is 0 Å². The van der Waals surface area contributed by atoms with Gasteiger partial charge in [-0.1, -0.05) is 0 Å². The molecule has 1 saturated carbocycles. The summed E-state index contributed by atoms with van der Waals surface area (Å²) in [5.41, 5.74) is 0.0495. The zero-order valence-corrected chi connectivity index (χ0v) is 13.4. The molecule has 0 N–H and O–H groups in total. The maximum absolute atomic E-state index is 13.7. The Hall–Kier alpha value is -2.24. The highest BCUT2D eigenvalue weighted by atomic mass is 19.1. The molecule has 1 fully saturated rings. The van der Waals surface area contributed by atoms with E-state index in [4.69, 9.17) is 9.47 Å². The second-order valence-corrected chi connectivity index (χ2v) is 6.00. The van der Waals surface area contributed by atoms with Crippen LogP contribution in [0.4, 0.5) is 4.39 Å². The van der Waals surface area contributed by atoms with Gasteiger partial charge in [-0.05, 0) is 32.4 Å². The molecule has 2 aliphatic rings. The Balaban J connectivity index is 1.90. The molecule has 3 rings (SSSR count). The molecule has 5 nitrogen and oxygen atoms in total. The average Bonchev–Trinajstić information content (AvgIpc) is 3.25. The number of hydrogen-bond acceptors (Lipinski definition) is 5. The minimum atomic E-state index is -0.674. The molecule has 1 aromatic heterocycles. The molecule has 0 saturated heterocycles. The van der Waals surface area contributed by atoms with E-state index in [0.29, 0.717) is 24.4 Å². The molecule has 1 heterocycles. The Bertz CT molecular complexity index is 701. The van der Waals surface area contributed by atoms with E-state index in [0.717, 1.165) is 12.0 Å².